The van der Waals surface area contributed by atoms with Crippen molar-refractivity contribution in [1.82, 2.24) is 10.6 Å². The lowest BCUT2D eigenvalue weighted by Crippen LogP contribution is -2.38. The zero-order chi connectivity index (χ0) is 20.6. The van der Waals surface area contributed by atoms with Gasteiger partial charge in [-0.3, -0.25) is 19.7 Å². The number of carbonyl (C=O) groups is 3. The van der Waals surface area contributed by atoms with Crippen LogP contribution in [0.2, 0.25) is 0 Å². The van der Waals surface area contributed by atoms with Crippen LogP contribution in [0.1, 0.15) is 29.0 Å². The van der Waals surface area contributed by atoms with Crippen LogP contribution in [0.5, 0.6) is 0 Å². The summed E-state index contributed by atoms with van der Waals surface area (Å²) in [7, 11) is 0. The average Bonchev–Trinajstić information content (AvgIpc) is 3.40. The Kier molecular flexibility index (Phi) is 6.94. The molecule has 3 aromatic rings. The van der Waals surface area contributed by atoms with E-state index in [2.05, 4.69) is 10.6 Å². The summed E-state index contributed by atoms with van der Waals surface area (Å²) in [6.07, 6.45) is -0.0527. The maximum Gasteiger partial charge on any atom is 0.320 e. The second-order valence-electron chi connectivity index (χ2n) is 6.31. The Morgan fingerprint density at radius 3 is 2.52 bits per heavy atom. The van der Waals surface area contributed by atoms with Crippen LogP contribution in [0, 0.1) is 0 Å². The Labute approximate surface area is 171 Å². The third kappa shape index (κ3) is 5.87. The van der Waals surface area contributed by atoms with Crippen molar-refractivity contribution >= 4 is 29.1 Å². The molecule has 0 aliphatic rings. The molecule has 0 fully saturated rings. The van der Waals surface area contributed by atoms with Crippen molar-refractivity contribution < 1.29 is 23.9 Å². The lowest BCUT2D eigenvalue weighted by Gasteiger charge is -2.14. The second kappa shape index (κ2) is 9.81. The molecule has 0 bridgehead atoms. The normalized spacial score (nSPS) is 11.7. The van der Waals surface area contributed by atoms with Crippen LogP contribution in [-0.4, -0.2) is 28.9 Å². The number of hydrogen-bond acceptors (Lipinski definition) is 6. The average molecular weight is 412 g/mol. The number of carboxylic acids is 1. The molecule has 2 amide bonds. The maximum absolute atomic E-state index is 12.2. The van der Waals surface area contributed by atoms with E-state index in [1.807, 2.05) is 47.8 Å². The van der Waals surface area contributed by atoms with Gasteiger partial charge in [-0.2, -0.15) is 0 Å². The number of carbonyl (C=O) groups excluding carboxylic acids is 2. The highest BCUT2D eigenvalue weighted by molar-refractivity contribution is 7.13. The molecule has 0 spiro atoms. The second-order valence-corrected chi connectivity index (χ2v) is 7.26. The van der Waals surface area contributed by atoms with Gasteiger partial charge in [0.1, 0.15) is 11.8 Å². The van der Waals surface area contributed by atoms with Crippen molar-refractivity contribution in [3.8, 4) is 10.6 Å². The highest BCUT2D eigenvalue weighted by Gasteiger charge is 2.20. The van der Waals surface area contributed by atoms with Crippen LogP contribution in [-0.2, 0) is 16.1 Å². The van der Waals surface area contributed by atoms with Gasteiger partial charge in [-0.25, -0.2) is 0 Å². The number of thiophene rings is 1. The van der Waals surface area contributed by atoms with Crippen LogP contribution in [0.15, 0.2) is 64.4 Å². The molecule has 0 unspecified atom stereocenters. The molecule has 0 radical (unpaired) electrons. The van der Waals surface area contributed by atoms with Crippen LogP contribution < -0.4 is 10.6 Å². The van der Waals surface area contributed by atoms with E-state index in [9.17, 15) is 19.5 Å². The summed E-state index contributed by atoms with van der Waals surface area (Å²) in [5.41, 5.74) is 0.942. The van der Waals surface area contributed by atoms with Crippen LogP contribution in [0.4, 0.5) is 0 Å². The highest BCUT2D eigenvalue weighted by atomic mass is 32.1. The van der Waals surface area contributed by atoms with Crippen LogP contribution in [0.25, 0.3) is 10.6 Å². The lowest BCUT2D eigenvalue weighted by molar-refractivity contribution is -0.139. The van der Waals surface area contributed by atoms with Crippen LogP contribution in [0.3, 0.4) is 0 Å². The predicted octanol–water partition coefficient (Wildman–Crippen LogP) is 3.29. The fourth-order valence-corrected chi connectivity index (χ4v) is 3.37. The summed E-state index contributed by atoms with van der Waals surface area (Å²) in [5, 5.41) is 16.4. The first-order valence-electron chi connectivity index (χ1n) is 9.01. The summed E-state index contributed by atoms with van der Waals surface area (Å²) in [4.78, 5) is 36.5. The van der Waals surface area contributed by atoms with Crippen LogP contribution >= 0.6 is 11.3 Å². The van der Waals surface area contributed by atoms with Gasteiger partial charge in [0, 0.05) is 13.0 Å². The predicted molar refractivity (Wildman–Crippen MR) is 108 cm³/mol. The first-order valence-corrected chi connectivity index (χ1v) is 9.89. The summed E-state index contributed by atoms with van der Waals surface area (Å²) in [6, 6.07) is 15.4. The number of rotatable bonds is 9. The Morgan fingerprint density at radius 2 is 1.83 bits per heavy atom. The van der Waals surface area contributed by atoms with E-state index in [-0.39, 0.29) is 18.6 Å². The van der Waals surface area contributed by atoms with Gasteiger partial charge in [0.15, 0.2) is 5.76 Å². The number of benzene rings is 1. The fourth-order valence-electron chi connectivity index (χ4n) is 2.69. The number of amides is 2. The zero-order valence-corrected chi connectivity index (χ0v) is 16.3. The van der Waals surface area contributed by atoms with E-state index in [0.29, 0.717) is 12.3 Å². The van der Waals surface area contributed by atoms with Gasteiger partial charge < -0.3 is 14.8 Å². The molecular formula is C21H20N2O5S. The highest BCUT2D eigenvalue weighted by Crippen LogP contribution is 2.26. The molecule has 7 nitrogen and oxygen atoms in total. The topological polar surface area (TPSA) is 109 Å². The van der Waals surface area contributed by atoms with E-state index in [4.69, 9.17) is 4.42 Å². The smallest absolute Gasteiger partial charge is 0.320 e. The Hall–Kier alpha value is -3.23. The van der Waals surface area contributed by atoms with Crippen molar-refractivity contribution in [2.75, 3.05) is 0 Å². The standard InChI is InChI=1S/C21H20N2O5S/c24-19(11-8-15(21(26)27)22-13-14-5-2-1-3-6-14)23-20(25)17-10-9-16(28-17)18-7-4-12-29-18/h1-7,9-10,12,15,22H,8,11,13H2,(H,26,27)(H,23,24,25)/t15-/m0/s1. The van der Waals surface area contributed by atoms with E-state index >= 15 is 0 Å². The summed E-state index contributed by atoms with van der Waals surface area (Å²) >= 11 is 1.48. The Morgan fingerprint density at radius 1 is 1.03 bits per heavy atom. The van der Waals surface area contributed by atoms with Crippen molar-refractivity contribution in [1.29, 1.82) is 0 Å². The van der Waals surface area contributed by atoms with Gasteiger partial charge in [0.25, 0.3) is 5.91 Å². The minimum atomic E-state index is -1.05. The van der Waals surface area contributed by atoms with Crippen molar-refractivity contribution in [2.24, 2.45) is 0 Å². The Bertz CT molecular complexity index is 966. The van der Waals surface area contributed by atoms with Crippen molar-refractivity contribution in [3.63, 3.8) is 0 Å². The molecule has 29 heavy (non-hydrogen) atoms. The molecule has 0 aliphatic heterocycles. The summed E-state index contributed by atoms with van der Waals surface area (Å²) in [6.45, 7) is 0.371. The van der Waals surface area contributed by atoms with Gasteiger partial charge in [0.05, 0.1) is 4.88 Å². The summed E-state index contributed by atoms with van der Waals surface area (Å²) < 4.78 is 5.48. The molecule has 3 N–H and O–H groups in total. The minimum Gasteiger partial charge on any atom is -0.480 e. The summed E-state index contributed by atoms with van der Waals surface area (Å²) in [5.74, 6) is -1.68. The first-order chi connectivity index (χ1) is 14.0. The number of furan rings is 1. The number of carboxylic acid groups (broad SMARTS) is 1. The van der Waals surface area contributed by atoms with E-state index in [0.717, 1.165) is 10.4 Å². The number of hydrogen-bond donors (Lipinski definition) is 3. The maximum atomic E-state index is 12.2. The molecule has 0 saturated carbocycles. The van der Waals surface area contributed by atoms with E-state index in [1.165, 1.54) is 17.4 Å². The SMILES string of the molecule is O=C(CC[C@H](NCc1ccccc1)C(=O)O)NC(=O)c1ccc(-c2cccs2)o1. The molecule has 1 atom stereocenters. The quantitative estimate of drug-likeness (QED) is 0.498. The molecular weight excluding hydrogens is 392 g/mol. The minimum absolute atomic E-state index is 0.0266. The van der Waals surface area contributed by atoms with E-state index in [1.54, 1.807) is 6.07 Å². The largest absolute Gasteiger partial charge is 0.480 e. The molecule has 2 aromatic heterocycles. The third-order valence-electron chi connectivity index (χ3n) is 4.20. The van der Waals surface area contributed by atoms with Gasteiger partial charge in [-0.1, -0.05) is 36.4 Å². The van der Waals surface area contributed by atoms with E-state index < -0.39 is 23.8 Å². The van der Waals surface area contributed by atoms with Gasteiger partial charge >= 0.3 is 5.97 Å². The molecule has 0 aliphatic carbocycles. The zero-order valence-electron chi connectivity index (χ0n) is 15.5. The van der Waals surface area contributed by atoms with Crippen molar-refractivity contribution in [2.45, 2.75) is 25.4 Å². The van der Waals surface area contributed by atoms with Crippen molar-refractivity contribution in [3.05, 3.63) is 71.3 Å². The monoisotopic (exact) mass is 412 g/mol. The molecule has 3 rings (SSSR count). The molecule has 150 valence electrons. The molecule has 0 saturated heterocycles. The van der Waals surface area contributed by atoms with Gasteiger partial charge in [-0.15, -0.1) is 11.3 Å². The molecule has 2 heterocycles. The lowest BCUT2D eigenvalue weighted by atomic mass is 10.1. The number of aliphatic carboxylic acids is 1. The van der Waals surface area contributed by atoms with Gasteiger partial charge in [-0.05, 0) is 35.6 Å². The number of nitrogens with one attached hydrogen (secondary N) is 2. The third-order valence-corrected chi connectivity index (χ3v) is 5.08. The molecule has 1 aromatic carbocycles. The first kappa shape index (κ1) is 20.5. The van der Waals surface area contributed by atoms with Gasteiger partial charge in [0.2, 0.25) is 5.91 Å². The number of imide groups is 1. The molecule has 8 heteroatoms. The fraction of sp³-hybridized carbons (Fsp3) is 0.190. The Balaban J connectivity index is 1.48.